The summed E-state index contributed by atoms with van der Waals surface area (Å²) in [5, 5.41) is 12.8. The Morgan fingerprint density at radius 1 is 1.43 bits per heavy atom. The van der Waals surface area contributed by atoms with E-state index >= 15 is 0 Å². The van der Waals surface area contributed by atoms with E-state index in [4.69, 9.17) is 0 Å². The molecule has 0 fully saturated rings. The minimum absolute atomic E-state index is 0.265. The average Bonchev–Trinajstić information content (AvgIpc) is 2.23. The monoisotopic (exact) mass is 254 g/mol. The van der Waals surface area contributed by atoms with Crippen molar-refractivity contribution in [2.45, 2.75) is 6.42 Å². The van der Waals surface area contributed by atoms with Crippen molar-refractivity contribution in [3.05, 3.63) is 28.2 Å². The van der Waals surface area contributed by atoms with Gasteiger partial charge in [0.1, 0.15) is 11.6 Å². The number of amidine groups is 1. The van der Waals surface area contributed by atoms with Gasteiger partial charge in [-0.1, -0.05) is 15.9 Å². The Kier molecular flexibility index (Phi) is 2.72. The highest BCUT2D eigenvalue weighted by Gasteiger charge is 2.11. The predicted molar refractivity (Wildman–Crippen MR) is 59.8 cm³/mol. The van der Waals surface area contributed by atoms with Crippen molar-refractivity contribution in [2.24, 2.45) is 4.99 Å². The van der Waals surface area contributed by atoms with Crippen molar-refractivity contribution in [1.29, 1.82) is 0 Å². The van der Waals surface area contributed by atoms with Gasteiger partial charge < -0.3 is 10.4 Å². The molecule has 0 saturated heterocycles. The SMILES string of the molecule is Oc1ccc(Br)cc1C1=NCCCN1. The third kappa shape index (κ3) is 1.90. The zero-order valence-electron chi connectivity index (χ0n) is 7.63. The second-order valence-electron chi connectivity index (χ2n) is 3.17. The Labute approximate surface area is 91.0 Å². The Hall–Kier alpha value is -1.03. The number of nitrogens with one attached hydrogen (secondary N) is 1. The third-order valence-corrected chi connectivity index (χ3v) is 2.60. The molecule has 1 aromatic carbocycles. The van der Waals surface area contributed by atoms with Gasteiger partial charge in [-0.3, -0.25) is 4.99 Å². The maximum absolute atomic E-state index is 9.65. The molecular weight excluding hydrogens is 244 g/mol. The molecule has 0 bridgehead atoms. The van der Waals surface area contributed by atoms with Gasteiger partial charge in [0.15, 0.2) is 0 Å². The summed E-state index contributed by atoms with van der Waals surface area (Å²) in [6, 6.07) is 5.34. The van der Waals surface area contributed by atoms with Crippen LogP contribution in [0.5, 0.6) is 5.75 Å². The van der Waals surface area contributed by atoms with Crippen LogP contribution in [-0.4, -0.2) is 24.0 Å². The van der Waals surface area contributed by atoms with Crippen LogP contribution in [0.4, 0.5) is 0 Å². The molecule has 4 heteroatoms. The molecule has 0 spiro atoms. The standard InChI is InChI=1S/C10H11BrN2O/c11-7-2-3-9(14)8(6-7)10-12-4-1-5-13-10/h2-3,6,14H,1,4-5H2,(H,12,13). The molecule has 14 heavy (non-hydrogen) atoms. The maximum Gasteiger partial charge on any atom is 0.132 e. The van der Waals surface area contributed by atoms with E-state index in [9.17, 15) is 5.11 Å². The summed E-state index contributed by atoms with van der Waals surface area (Å²) in [5.41, 5.74) is 0.763. The third-order valence-electron chi connectivity index (χ3n) is 2.11. The average molecular weight is 255 g/mol. The van der Waals surface area contributed by atoms with E-state index in [1.54, 1.807) is 6.07 Å². The highest BCUT2D eigenvalue weighted by Crippen LogP contribution is 2.22. The van der Waals surface area contributed by atoms with E-state index in [-0.39, 0.29) is 5.75 Å². The van der Waals surface area contributed by atoms with Crippen LogP contribution in [0.25, 0.3) is 0 Å². The second kappa shape index (κ2) is 4.00. The van der Waals surface area contributed by atoms with Crippen LogP contribution in [0, 0.1) is 0 Å². The molecule has 1 aliphatic rings. The van der Waals surface area contributed by atoms with Gasteiger partial charge in [-0.05, 0) is 24.6 Å². The van der Waals surface area contributed by atoms with Gasteiger partial charge in [0.2, 0.25) is 0 Å². The summed E-state index contributed by atoms with van der Waals surface area (Å²) < 4.78 is 0.945. The predicted octanol–water partition coefficient (Wildman–Crippen LogP) is 1.89. The summed E-state index contributed by atoms with van der Waals surface area (Å²) in [6.45, 7) is 1.75. The topological polar surface area (TPSA) is 44.6 Å². The first-order valence-corrected chi connectivity index (χ1v) is 5.34. The molecule has 2 N–H and O–H groups in total. The number of hydrogen-bond acceptors (Lipinski definition) is 3. The lowest BCUT2D eigenvalue weighted by Crippen LogP contribution is -2.30. The Balaban J connectivity index is 2.39. The van der Waals surface area contributed by atoms with Gasteiger partial charge in [-0.15, -0.1) is 0 Å². The summed E-state index contributed by atoms with van der Waals surface area (Å²) in [7, 11) is 0. The van der Waals surface area contributed by atoms with Crippen LogP contribution in [-0.2, 0) is 0 Å². The fourth-order valence-electron chi connectivity index (χ4n) is 1.41. The second-order valence-corrected chi connectivity index (χ2v) is 4.09. The molecule has 1 heterocycles. The number of halogens is 1. The van der Waals surface area contributed by atoms with Crippen LogP contribution >= 0.6 is 15.9 Å². The molecule has 0 radical (unpaired) electrons. The summed E-state index contributed by atoms with van der Waals surface area (Å²) in [4.78, 5) is 4.33. The molecule has 2 rings (SSSR count). The number of hydrogen-bond donors (Lipinski definition) is 2. The van der Waals surface area contributed by atoms with Crippen molar-refractivity contribution in [3.8, 4) is 5.75 Å². The first kappa shape index (κ1) is 9.52. The lowest BCUT2D eigenvalue weighted by molar-refractivity contribution is 0.473. The van der Waals surface area contributed by atoms with E-state index in [1.165, 1.54) is 0 Å². The van der Waals surface area contributed by atoms with Gasteiger partial charge >= 0.3 is 0 Å². The Morgan fingerprint density at radius 2 is 2.29 bits per heavy atom. The van der Waals surface area contributed by atoms with Crippen LogP contribution in [0.1, 0.15) is 12.0 Å². The number of nitrogens with zero attached hydrogens (tertiary/aromatic N) is 1. The highest BCUT2D eigenvalue weighted by atomic mass is 79.9. The van der Waals surface area contributed by atoms with Gasteiger partial charge in [0.05, 0.1) is 5.56 Å². The zero-order valence-corrected chi connectivity index (χ0v) is 9.21. The summed E-state index contributed by atoms with van der Waals surface area (Å²) in [5.74, 6) is 1.05. The van der Waals surface area contributed by atoms with Crippen molar-refractivity contribution >= 4 is 21.8 Å². The first-order valence-electron chi connectivity index (χ1n) is 4.54. The smallest absolute Gasteiger partial charge is 0.132 e. The van der Waals surface area contributed by atoms with Crippen LogP contribution in [0.3, 0.4) is 0 Å². The number of aromatic hydroxyl groups is 1. The lowest BCUT2D eigenvalue weighted by atomic mass is 10.1. The molecule has 0 atom stereocenters. The lowest BCUT2D eigenvalue weighted by Gasteiger charge is -2.15. The minimum Gasteiger partial charge on any atom is -0.507 e. The molecule has 1 aromatic rings. The molecule has 0 amide bonds. The fraction of sp³-hybridized carbons (Fsp3) is 0.300. The van der Waals surface area contributed by atoms with E-state index in [2.05, 4.69) is 26.2 Å². The highest BCUT2D eigenvalue weighted by molar-refractivity contribution is 9.10. The molecule has 3 nitrogen and oxygen atoms in total. The molecule has 0 aromatic heterocycles. The van der Waals surface area contributed by atoms with Crippen LogP contribution in [0.15, 0.2) is 27.7 Å². The summed E-state index contributed by atoms with van der Waals surface area (Å²) in [6.07, 6.45) is 1.05. The minimum atomic E-state index is 0.265. The molecule has 0 aliphatic carbocycles. The molecular formula is C10H11BrN2O. The van der Waals surface area contributed by atoms with E-state index in [1.807, 2.05) is 12.1 Å². The fourth-order valence-corrected chi connectivity index (χ4v) is 1.77. The van der Waals surface area contributed by atoms with Crippen LogP contribution in [0.2, 0.25) is 0 Å². The normalized spacial score (nSPS) is 15.9. The number of phenols is 1. The molecule has 1 aliphatic heterocycles. The van der Waals surface area contributed by atoms with E-state index in [0.717, 1.165) is 35.4 Å². The van der Waals surface area contributed by atoms with Crippen molar-refractivity contribution in [1.82, 2.24) is 5.32 Å². The van der Waals surface area contributed by atoms with Crippen LogP contribution < -0.4 is 5.32 Å². The number of rotatable bonds is 1. The van der Waals surface area contributed by atoms with Gasteiger partial charge in [0.25, 0.3) is 0 Å². The van der Waals surface area contributed by atoms with Gasteiger partial charge in [-0.2, -0.15) is 0 Å². The number of phenolic OH excluding ortho intramolecular Hbond substituents is 1. The number of aliphatic imine (C=N–C) groups is 1. The zero-order chi connectivity index (χ0) is 9.97. The maximum atomic E-state index is 9.65. The quantitative estimate of drug-likeness (QED) is 0.804. The Morgan fingerprint density at radius 3 is 3.00 bits per heavy atom. The van der Waals surface area contributed by atoms with Crippen molar-refractivity contribution in [3.63, 3.8) is 0 Å². The van der Waals surface area contributed by atoms with E-state index < -0.39 is 0 Å². The first-order chi connectivity index (χ1) is 6.77. The van der Waals surface area contributed by atoms with Gasteiger partial charge in [0, 0.05) is 17.6 Å². The van der Waals surface area contributed by atoms with Gasteiger partial charge in [-0.25, -0.2) is 0 Å². The Bertz CT molecular complexity index is 376. The largest absolute Gasteiger partial charge is 0.507 e. The molecule has 74 valence electrons. The number of benzene rings is 1. The summed E-state index contributed by atoms with van der Waals surface area (Å²) >= 11 is 3.37. The molecule has 0 saturated carbocycles. The van der Waals surface area contributed by atoms with Crippen molar-refractivity contribution < 1.29 is 5.11 Å². The molecule has 0 unspecified atom stereocenters. The van der Waals surface area contributed by atoms with Crippen molar-refractivity contribution in [2.75, 3.05) is 13.1 Å². The van der Waals surface area contributed by atoms with E-state index in [0.29, 0.717) is 0 Å².